The van der Waals surface area contributed by atoms with Crippen LogP contribution < -0.4 is 15.0 Å². The van der Waals surface area contributed by atoms with Crippen LogP contribution in [0.15, 0.2) is 54.9 Å². The Morgan fingerprint density at radius 2 is 2.00 bits per heavy atom. The molecule has 0 atom stereocenters. The first-order chi connectivity index (χ1) is 16.0. The molecule has 0 radical (unpaired) electrons. The number of nitrogens with one attached hydrogen (secondary N) is 2. The van der Waals surface area contributed by atoms with Crippen molar-refractivity contribution in [1.29, 1.82) is 0 Å². The molecule has 1 saturated heterocycles. The van der Waals surface area contributed by atoms with Crippen LogP contribution in [0.2, 0.25) is 0 Å². The number of carbonyl (C=O) groups is 1. The summed E-state index contributed by atoms with van der Waals surface area (Å²) in [5, 5.41) is 10.1. The summed E-state index contributed by atoms with van der Waals surface area (Å²) in [5.74, 6) is 0.824. The van der Waals surface area contributed by atoms with Crippen LogP contribution in [0.25, 0.3) is 11.1 Å². The summed E-state index contributed by atoms with van der Waals surface area (Å²) in [4.78, 5) is 17.5. The number of hydrogen-bond acceptors (Lipinski definition) is 5. The number of aromatic nitrogens is 2. The molecule has 1 fully saturated rings. The molecule has 0 unspecified atom stereocenters. The van der Waals surface area contributed by atoms with E-state index in [4.69, 9.17) is 4.74 Å². The first-order valence-electron chi connectivity index (χ1n) is 11.5. The largest absolute Gasteiger partial charge is 0.497 e. The highest BCUT2D eigenvalue weighted by Gasteiger charge is 2.23. The third kappa shape index (κ3) is 5.73. The SMILES string of the molecule is COc1cccc(CCC(=O)Nc2ccc(-c3cn[nH]c3)cc2N2CCC(N(C)C)CC2)c1. The molecular formula is C26H33N5O2. The summed E-state index contributed by atoms with van der Waals surface area (Å²) >= 11 is 0. The van der Waals surface area contributed by atoms with Crippen molar-refractivity contribution in [2.45, 2.75) is 31.7 Å². The lowest BCUT2D eigenvalue weighted by atomic mass is 10.0. The standard InChI is InChI=1S/C26H33N5O2/c1-30(2)22-11-13-31(14-12-22)25-16-20(21-17-27-28-18-21)8-9-24(25)29-26(32)10-7-19-5-4-6-23(15-19)33-3/h4-6,8-9,15-18,22H,7,10-14H2,1-3H3,(H,27,28)(H,29,32). The van der Waals surface area contributed by atoms with Gasteiger partial charge in [0, 0.05) is 37.3 Å². The van der Waals surface area contributed by atoms with Gasteiger partial charge in [-0.1, -0.05) is 18.2 Å². The fourth-order valence-electron chi connectivity index (χ4n) is 4.41. The Hall–Kier alpha value is -3.32. The Bertz CT molecular complexity index is 1060. The minimum absolute atomic E-state index is 0.0123. The molecule has 0 aliphatic carbocycles. The number of amides is 1. The van der Waals surface area contributed by atoms with Crippen LogP contribution in [0.4, 0.5) is 11.4 Å². The number of carbonyl (C=O) groups excluding carboxylic acids is 1. The van der Waals surface area contributed by atoms with E-state index < -0.39 is 0 Å². The van der Waals surface area contributed by atoms with Crippen LogP contribution in [-0.4, -0.2) is 61.3 Å². The number of nitrogens with zero attached hydrogens (tertiary/aromatic N) is 3. The number of benzene rings is 2. The number of aromatic amines is 1. The van der Waals surface area contributed by atoms with E-state index in [0.717, 1.165) is 59.7 Å². The molecule has 1 aliphatic heterocycles. The molecule has 0 saturated carbocycles. The topological polar surface area (TPSA) is 73.5 Å². The van der Waals surface area contributed by atoms with Gasteiger partial charge < -0.3 is 19.9 Å². The van der Waals surface area contributed by atoms with Gasteiger partial charge in [-0.05, 0) is 68.8 Å². The zero-order valence-electron chi connectivity index (χ0n) is 19.7. The Balaban J connectivity index is 1.49. The smallest absolute Gasteiger partial charge is 0.224 e. The Labute approximate surface area is 195 Å². The summed E-state index contributed by atoms with van der Waals surface area (Å²) in [6.45, 7) is 1.93. The van der Waals surface area contributed by atoms with E-state index in [0.29, 0.717) is 18.9 Å². The molecule has 0 bridgehead atoms. The van der Waals surface area contributed by atoms with Gasteiger partial charge in [-0.3, -0.25) is 9.89 Å². The maximum atomic E-state index is 12.8. The van der Waals surface area contributed by atoms with Crippen molar-refractivity contribution in [2.24, 2.45) is 0 Å². The number of rotatable bonds is 8. The summed E-state index contributed by atoms with van der Waals surface area (Å²) < 4.78 is 5.29. The fraction of sp³-hybridized carbons (Fsp3) is 0.385. The summed E-state index contributed by atoms with van der Waals surface area (Å²) in [6, 6.07) is 14.7. The Morgan fingerprint density at radius 1 is 1.18 bits per heavy atom. The van der Waals surface area contributed by atoms with Crippen LogP contribution in [0.3, 0.4) is 0 Å². The molecule has 3 aromatic rings. The van der Waals surface area contributed by atoms with Gasteiger partial charge in [-0.2, -0.15) is 5.10 Å². The molecule has 4 rings (SSSR count). The molecule has 0 spiro atoms. The average Bonchev–Trinajstić information content (AvgIpc) is 3.38. The van der Waals surface area contributed by atoms with Gasteiger partial charge in [-0.15, -0.1) is 0 Å². The van der Waals surface area contributed by atoms with E-state index >= 15 is 0 Å². The first kappa shape index (κ1) is 22.9. The van der Waals surface area contributed by atoms with Gasteiger partial charge in [0.2, 0.25) is 5.91 Å². The molecule has 174 valence electrons. The second kappa shape index (κ2) is 10.5. The van der Waals surface area contributed by atoms with Crippen LogP contribution >= 0.6 is 0 Å². The Morgan fingerprint density at radius 3 is 2.70 bits per heavy atom. The first-order valence-corrected chi connectivity index (χ1v) is 11.5. The minimum atomic E-state index is 0.0123. The van der Waals surface area contributed by atoms with E-state index in [1.807, 2.05) is 48.8 Å². The van der Waals surface area contributed by atoms with Crippen LogP contribution in [-0.2, 0) is 11.2 Å². The van der Waals surface area contributed by atoms with Crippen molar-refractivity contribution < 1.29 is 9.53 Å². The van der Waals surface area contributed by atoms with Crippen molar-refractivity contribution in [3.8, 4) is 16.9 Å². The van der Waals surface area contributed by atoms with E-state index in [9.17, 15) is 4.79 Å². The van der Waals surface area contributed by atoms with Crippen molar-refractivity contribution in [1.82, 2.24) is 15.1 Å². The lowest BCUT2D eigenvalue weighted by Crippen LogP contribution is -2.42. The molecule has 2 heterocycles. The highest BCUT2D eigenvalue weighted by atomic mass is 16.5. The number of methoxy groups -OCH3 is 1. The quantitative estimate of drug-likeness (QED) is 0.542. The molecular weight excluding hydrogens is 414 g/mol. The normalized spacial score (nSPS) is 14.5. The molecule has 1 aliphatic rings. The van der Waals surface area contributed by atoms with E-state index in [1.54, 1.807) is 7.11 Å². The minimum Gasteiger partial charge on any atom is -0.497 e. The number of H-pyrrole nitrogens is 1. The van der Waals surface area contributed by atoms with Gasteiger partial charge in [0.15, 0.2) is 0 Å². The number of hydrogen-bond donors (Lipinski definition) is 2. The second-order valence-electron chi connectivity index (χ2n) is 8.80. The van der Waals surface area contributed by atoms with Gasteiger partial charge >= 0.3 is 0 Å². The van der Waals surface area contributed by atoms with Crippen molar-refractivity contribution in [3.05, 3.63) is 60.4 Å². The van der Waals surface area contributed by atoms with Gasteiger partial charge in [0.25, 0.3) is 0 Å². The monoisotopic (exact) mass is 447 g/mol. The average molecular weight is 448 g/mol. The number of aryl methyl sites for hydroxylation is 1. The van der Waals surface area contributed by atoms with Gasteiger partial charge in [-0.25, -0.2) is 0 Å². The predicted octanol–water partition coefficient (Wildman–Crippen LogP) is 4.19. The molecule has 33 heavy (non-hydrogen) atoms. The second-order valence-corrected chi connectivity index (χ2v) is 8.80. The number of anilines is 2. The van der Waals surface area contributed by atoms with Crippen LogP contribution in [0.1, 0.15) is 24.8 Å². The maximum absolute atomic E-state index is 12.8. The summed E-state index contributed by atoms with van der Waals surface area (Å²) in [6.07, 6.45) is 7.00. The zero-order chi connectivity index (χ0) is 23.2. The molecule has 1 amide bonds. The molecule has 2 aromatic carbocycles. The van der Waals surface area contributed by atoms with Crippen molar-refractivity contribution in [2.75, 3.05) is 44.5 Å². The van der Waals surface area contributed by atoms with Gasteiger partial charge in [0.1, 0.15) is 5.75 Å². The highest BCUT2D eigenvalue weighted by Crippen LogP contribution is 2.34. The van der Waals surface area contributed by atoms with E-state index in [2.05, 4.69) is 45.5 Å². The molecule has 7 heteroatoms. The number of piperidine rings is 1. The molecule has 1 aromatic heterocycles. The lowest BCUT2D eigenvalue weighted by Gasteiger charge is -2.37. The summed E-state index contributed by atoms with van der Waals surface area (Å²) in [7, 11) is 5.95. The molecule has 2 N–H and O–H groups in total. The highest BCUT2D eigenvalue weighted by molar-refractivity contribution is 5.95. The fourth-order valence-corrected chi connectivity index (χ4v) is 4.41. The van der Waals surface area contributed by atoms with Crippen molar-refractivity contribution >= 4 is 17.3 Å². The lowest BCUT2D eigenvalue weighted by molar-refractivity contribution is -0.116. The van der Waals surface area contributed by atoms with E-state index in [-0.39, 0.29) is 5.91 Å². The zero-order valence-corrected chi connectivity index (χ0v) is 19.7. The predicted molar refractivity (Wildman–Crippen MR) is 133 cm³/mol. The Kier molecular flexibility index (Phi) is 7.29. The number of ether oxygens (including phenoxy) is 1. The van der Waals surface area contributed by atoms with E-state index in [1.165, 1.54) is 0 Å². The molecule has 7 nitrogen and oxygen atoms in total. The van der Waals surface area contributed by atoms with Crippen LogP contribution in [0, 0.1) is 0 Å². The summed E-state index contributed by atoms with van der Waals surface area (Å²) in [5.41, 5.74) is 5.14. The third-order valence-electron chi connectivity index (χ3n) is 6.41. The third-order valence-corrected chi connectivity index (χ3v) is 6.41. The maximum Gasteiger partial charge on any atom is 0.224 e. The van der Waals surface area contributed by atoms with Crippen molar-refractivity contribution in [3.63, 3.8) is 0 Å². The van der Waals surface area contributed by atoms with Crippen LogP contribution in [0.5, 0.6) is 5.75 Å². The van der Waals surface area contributed by atoms with Gasteiger partial charge in [0.05, 0.1) is 24.7 Å².